The van der Waals surface area contributed by atoms with Crippen LogP contribution in [0.15, 0.2) is 53.6 Å². The minimum atomic E-state index is -0.345. The highest BCUT2D eigenvalue weighted by molar-refractivity contribution is 6.30. The maximum absolute atomic E-state index is 11.6. The smallest absolute Gasteiger partial charge is 0.277 e. The van der Waals surface area contributed by atoms with Gasteiger partial charge in [0.15, 0.2) is 6.61 Å². The quantitative estimate of drug-likeness (QED) is 0.625. The molecule has 2 aromatic carbocycles. The van der Waals surface area contributed by atoms with Gasteiger partial charge < -0.3 is 9.47 Å². The molecule has 0 aromatic heterocycles. The molecule has 23 heavy (non-hydrogen) atoms. The lowest BCUT2D eigenvalue weighted by Gasteiger charge is -2.05. The molecule has 0 atom stereocenters. The molecule has 0 heterocycles. The van der Waals surface area contributed by atoms with Crippen molar-refractivity contribution < 1.29 is 14.3 Å². The molecule has 6 heteroatoms. The van der Waals surface area contributed by atoms with Gasteiger partial charge in [0, 0.05) is 5.02 Å². The van der Waals surface area contributed by atoms with E-state index in [-0.39, 0.29) is 12.5 Å². The molecule has 2 aromatic rings. The standard InChI is InChI=1S/C17H17ClN2O3/c1-2-22-15-7-3-13(4-8-15)11-19-20-17(21)12-23-16-9-5-14(18)6-10-16/h3-11H,2,12H2,1H3,(H,20,21)/b19-11-. The van der Waals surface area contributed by atoms with Crippen molar-refractivity contribution in [1.29, 1.82) is 0 Å². The van der Waals surface area contributed by atoms with E-state index in [1.54, 1.807) is 30.5 Å². The Bertz CT molecular complexity index is 655. The van der Waals surface area contributed by atoms with Gasteiger partial charge >= 0.3 is 0 Å². The van der Waals surface area contributed by atoms with Gasteiger partial charge in [0.1, 0.15) is 11.5 Å². The van der Waals surface area contributed by atoms with Crippen LogP contribution < -0.4 is 14.9 Å². The third kappa shape index (κ3) is 6.00. The number of ether oxygens (including phenoxy) is 2. The monoisotopic (exact) mass is 332 g/mol. The van der Waals surface area contributed by atoms with Crippen molar-refractivity contribution in [3.8, 4) is 11.5 Å². The summed E-state index contributed by atoms with van der Waals surface area (Å²) in [5, 5.41) is 4.49. The molecule has 0 radical (unpaired) electrons. The molecule has 0 saturated heterocycles. The van der Waals surface area contributed by atoms with Gasteiger partial charge in [0.25, 0.3) is 5.91 Å². The van der Waals surface area contributed by atoms with E-state index in [9.17, 15) is 4.79 Å². The minimum absolute atomic E-state index is 0.123. The number of hydrogen-bond acceptors (Lipinski definition) is 4. The van der Waals surface area contributed by atoms with Crippen LogP contribution >= 0.6 is 11.6 Å². The zero-order valence-electron chi connectivity index (χ0n) is 12.7. The number of hydrogen-bond donors (Lipinski definition) is 1. The first-order chi connectivity index (χ1) is 11.2. The third-order valence-electron chi connectivity index (χ3n) is 2.78. The fourth-order valence-electron chi connectivity index (χ4n) is 1.71. The summed E-state index contributed by atoms with van der Waals surface area (Å²) in [5.41, 5.74) is 3.25. The van der Waals surface area contributed by atoms with Crippen molar-refractivity contribution in [2.45, 2.75) is 6.92 Å². The van der Waals surface area contributed by atoms with Gasteiger partial charge in [0.05, 0.1) is 12.8 Å². The second-order valence-corrected chi connectivity index (χ2v) is 4.97. The molecule has 0 aliphatic rings. The van der Waals surface area contributed by atoms with Crippen LogP contribution in [0.3, 0.4) is 0 Å². The van der Waals surface area contributed by atoms with Crippen molar-refractivity contribution in [3.05, 3.63) is 59.1 Å². The van der Waals surface area contributed by atoms with Crippen LogP contribution in [-0.4, -0.2) is 25.3 Å². The largest absolute Gasteiger partial charge is 0.494 e. The summed E-state index contributed by atoms with van der Waals surface area (Å²) in [6, 6.07) is 14.2. The van der Waals surface area contributed by atoms with Crippen LogP contribution in [0, 0.1) is 0 Å². The van der Waals surface area contributed by atoms with Gasteiger partial charge in [-0.1, -0.05) is 11.6 Å². The maximum Gasteiger partial charge on any atom is 0.277 e. The topological polar surface area (TPSA) is 59.9 Å². The van der Waals surface area contributed by atoms with E-state index in [0.717, 1.165) is 11.3 Å². The lowest BCUT2D eigenvalue weighted by Crippen LogP contribution is -2.24. The highest BCUT2D eigenvalue weighted by Gasteiger charge is 2.01. The predicted molar refractivity (Wildman–Crippen MR) is 90.3 cm³/mol. The Hall–Kier alpha value is -2.53. The molecule has 2 rings (SSSR count). The van der Waals surface area contributed by atoms with Gasteiger partial charge in [-0.2, -0.15) is 5.10 Å². The number of benzene rings is 2. The summed E-state index contributed by atoms with van der Waals surface area (Å²) in [7, 11) is 0. The molecule has 5 nitrogen and oxygen atoms in total. The summed E-state index contributed by atoms with van der Waals surface area (Å²) < 4.78 is 10.7. The van der Waals surface area contributed by atoms with Crippen molar-refractivity contribution in [1.82, 2.24) is 5.43 Å². The third-order valence-corrected chi connectivity index (χ3v) is 3.03. The number of amides is 1. The number of nitrogens with one attached hydrogen (secondary N) is 1. The van der Waals surface area contributed by atoms with E-state index in [1.807, 2.05) is 31.2 Å². The number of rotatable bonds is 7. The molecule has 0 aliphatic carbocycles. The summed E-state index contributed by atoms with van der Waals surface area (Å²) in [6.45, 7) is 2.43. The maximum atomic E-state index is 11.6. The summed E-state index contributed by atoms with van der Waals surface area (Å²) in [5.74, 6) is 1.02. The lowest BCUT2D eigenvalue weighted by molar-refractivity contribution is -0.123. The van der Waals surface area contributed by atoms with Crippen molar-refractivity contribution >= 4 is 23.7 Å². The van der Waals surface area contributed by atoms with Crippen LogP contribution in [-0.2, 0) is 4.79 Å². The molecule has 0 saturated carbocycles. The predicted octanol–water partition coefficient (Wildman–Crippen LogP) is 3.27. The number of nitrogens with zero attached hydrogens (tertiary/aromatic N) is 1. The average Bonchev–Trinajstić information content (AvgIpc) is 2.56. The Morgan fingerprint density at radius 2 is 1.70 bits per heavy atom. The minimum Gasteiger partial charge on any atom is -0.494 e. The Morgan fingerprint density at radius 3 is 2.35 bits per heavy atom. The van der Waals surface area contributed by atoms with Crippen molar-refractivity contribution in [2.24, 2.45) is 5.10 Å². The van der Waals surface area contributed by atoms with E-state index in [4.69, 9.17) is 21.1 Å². The fourth-order valence-corrected chi connectivity index (χ4v) is 1.83. The Labute approximate surface area is 139 Å². The highest BCUT2D eigenvalue weighted by Crippen LogP contribution is 2.15. The number of carbonyl (C=O) groups is 1. The molecular formula is C17H17ClN2O3. The second kappa shape index (κ2) is 8.80. The molecular weight excluding hydrogens is 316 g/mol. The fraction of sp³-hybridized carbons (Fsp3) is 0.176. The first kappa shape index (κ1) is 16.8. The first-order valence-corrected chi connectivity index (χ1v) is 7.48. The van der Waals surface area contributed by atoms with Gasteiger partial charge in [-0.05, 0) is 61.0 Å². The van der Waals surface area contributed by atoms with Crippen LogP contribution in [0.25, 0.3) is 0 Å². The Kier molecular flexibility index (Phi) is 6.44. The van der Waals surface area contributed by atoms with E-state index in [1.165, 1.54) is 0 Å². The van der Waals surface area contributed by atoms with Crippen molar-refractivity contribution in [3.63, 3.8) is 0 Å². The van der Waals surface area contributed by atoms with Gasteiger partial charge in [-0.3, -0.25) is 4.79 Å². The Balaban J connectivity index is 1.75. The van der Waals surface area contributed by atoms with E-state index in [2.05, 4.69) is 10.5 Å². The van der Waals surface area contributed by atoms with Crippen LogP contribution in [0.1, 0.15) is 12.5 Å². The molecule has 1 amide bonds. The number of halogens is 1. The average molecular weight is 333 g/mol. The number of hydrazone groups is 1. The van der Waals surface area contributed by atoms with Crippen LogP contribution in [0.5, 0.6) is 11.5 Å². The van der Waals surface area contributed by atoms with E-state index >= 15 is 0 Å². The molecule has 120 valence electrons. The van der Waals surface area contributed by atoms with Crippen LogP contribution in [0.2, 0.25) is 5.02 Å². The van der Waals surface area contributed by atoms with Crippen LogP contribution in [0.4, 0.5) is 0 Å². The van der Waals surface area contributed by atoms with Crippen molar-refractivity contribution in [2.75, 3.05) is 13.2 Å². The van der Waals surface area contributed by atoms with E-state index in [0.29, 0.717) is 17.4 Å². The molecule has 1 N–H and O–H groups in total. The highest BCUT2D eigenvalue weighted by atomic mass is 35.5. The zero-order chi connectivity index (χ0) is 16.5. The lowest BCUT2D eigenvalue weighted by atomic mass is 10.2. The van der Waals surface area contributed by atoms with Gasteiger partial charge in [-0.25, -0.2) is 5.43 Å². The normalized spacial score (nSPS) is 10.5. The first-order valence-electron chi connectivity index (χ1n) is 7.10. The summed E-state index contributed by atoms with van der Waals surface area (Å²) in [6.07, 6.45) is 1.55. The molecule has 0 aliphatic heterocycles. The molecule has 0 fully saturated rings. The van der Waals surface area contributed by atoms with E-state index < -0.39 is 0 Å². The van der Waals surface area contributed by atoms with Gasteiger partial charge in [-0.15, -0.1) is 0 Å². The van der Waals surface area contributed by atoms with Gasteiger partial charge in [0.2, 0.25) is 0 Å². The SMILES string of the molecule is CCOc1ccc(/C=N\NC(=O)COc2ccc(Cl)cc2)cc1. The molecule has 0 bridgehead atoms. The molecule has 0 unspecified atom stereocenters. The molecule has 0 spiro atoms. The summed E-state index contributed by atoms with van der Waals surface area (Å²) >= 11 is 5.77. The summed E-state index contributed by atoms with van der Waals surface area (Å²) in [4.78, 5) is 11.6. The number of carbonyl (C=O) groups excluding carboxylic acids is 1. The second-order valence-electron chi connectivity index (χ2n) is 4.54. The zero-order valence-corrected chi connectivity index (χ0v) is 13.4. The Morgan fingerprint density at radius 1 is 1.09 bits per heavy atom.